The second kappa shape index (κ2) is 8.66. The lowest BCUT2D eigenvalue weighted by Gasteiger charge is -2.33. The van der Waals surface area contributed by atoms with Crippen molar-refractivity contribution in [3.05, 3.63) is 39.7 Å². The van der Waals surface area contributed by atoms with Gasteiger partial charge in [-0.05, 0) is 26.0 Å². The highest BCUT2D eigenvalue weighted by Gasteiger charge is 2.26. The number of aryl methyl sites for hydroxylation is 2. The summed E-state index contributed by atoms with van der Waals surface area (Å²) in [5.41, 5.74) is 0.913. The lowest BCUT2D eigenvalue weighted by atomic mass is 10.1. The van der Waals surface area contributed by atoms with Gasteiger partial charge in [0.2, 0.25) is 0 Å². The van der Waals surface area contributed by atoms with Crippen LogP contribution in [0.15, 0.2) is 21.9 Å². The molecule has 1 atom stereocenters. The maximum atomic E-state index is 12.5. The van der Waals surface area contributed by atoms with Crippen molar-refractivity contribution in [3.8, 4) is 0 Å². The maximum Gasteiger partial charge on any atom is 0.317 e. The quantitative estimate of drug-likeness (QED) is 0.837. The van der Waals surface area contributed by atoms with Crippen molar-refractivity contribution in [3.63, 3.8) is 0 Å². The fourth-order valence-corrected chi connectivity index (χ4v) is 3.65. The molecular formula is C18H26N4O3S. The monoisotopic (exact) mass is 378 g/mol. The number of morpholine rings is 1. The van der Waals surface area contributed by atoms with Crippen molar-refractivity contribution in [2.75, 3.05) is 39.9 Å². The van der Waals surface area contributed by atoms with E-state index in [0.717, 1.165) is 35.3 Å². The Morgan fingerprint density at radius 3 is 2.77 bits per heavy atom. The van der Waals surface area contributed by atoms with Crippen molar-refractivity contribution < 1.29 is 13.9 Å². The number of rotatable bonds is 6. The molecule has 0 aromatic carbocycles. The number of hydrogen-bond acceptors (Lipinski definition) is 6. The first-order chi connectivity index (χ1) is 12.5. The molecule has 0 saturated carbocycles. The number of aromatic nitrogens is 1. The van der Waals surface area contributed by atoms with Crippen LogP contribution in [0.3, 0.4) is 0 Å². The number of urea groups is 1. The average Bonchev–Trinajstić information content (AvgIpc) is 3.24. The molecular weight excluding hydrogens is 352 g/mol. The predicted octanol–water partition coefficient (Wildman–Crippen LogP) is 2.57. The van der Waals surface area contributed by atoms with Crippen LogP contribution in [-0.4, -0.2) is 60.7 Å². The van der Waals surface area contributed by atoms with Crippen molar-refractivity contribution in [1.82, 2.24) is 20.1 Å². The molecule has 1 N–H and O–H groups in total. The highest BCUT2D eigenvalue weighted by atomic mass is 32.1. The Labute approximate surface area is 157 Å². The van der Waals surface area contributed by atoms with E-state index in [-0.39, 0.29) is 12.1 Å². The van der Waals surface area contributed by atoms with E-state index in [1.54, 1.807) is 23.3 Å². The van der Waals surface area contributed by atoms with Gasteiger partial charge in [0.15, 0.2) is 0 Å². The average molecular weight is 378 g/mol. The van der Waals surface area contributed by atoms with E-state index in [0.29, 0.717) is 26.3 Å². The number of nitrogens with zero attached hydrogens (tertiary/aromatic N) is 3. The second-order valence-corrected chi connectivity index (χ2v) is 7.57. The van der Waals surface area contributed by atoms with Gasteiger partial charge < -0.3 is 19.4 Å². The van der Waals surface area contributed by atoms with Gasteiger partial charge in [-0.15, -0.1) is 11.3 Å². The Morgan fingerprint density at radius 2 is 2.15 bits per heavy atom. The van der Waals surface area contributed by atoms with Crippen LogP contribution < -0.4 is 5.32 Å². The van der Waals surface area contributed by atoms with E-state index in [4.69, 9.17) is 9.15 Å². The summed E-state index contributed by atoms with van der Waals surface area (Å²) in [5, 5.41) is 6.03. The molecule has 2 aromatic rings. The molecule has 8 heteroatoms. The Morgan fingerprint density at radius 1 is 1.38 bits per heavy atom. The first kappa shape index (κ1) is 18.9. The van der Waals surface area contributed by atoms with E-state index >= 15 is 0 Å². The third-order valence-electron chi connectivity index (χ3n) is 4.44. The van der Waals surface area contributed by atoms with Gasteiger partial charge in [0.1, 0.15) is 11.5 Å². The number of nitrogens with one attached hydrogen (secondary N) is 1. The lowest BCUT2D eigenvalue weighted by Crippen LogP contribution is -2.45. The minimum Gasteiger partial charge on any atom is -0.465 e. The Balaban J connectivity index is 1.60. The van der Waals surface area contributed by atoms with Gasteiger partial charge in [0.25, 0.3) is 0 Å². The summed E-state index contributed by atoms with van der Waals surface area (Å²) in [6, 6.07) is 3.84. The van der Waals surface area contributed by atoms with Crippen LogP contribution in [0.2, 0.25) is 0 Å². The van der Waals surface area contributed by atoms with Gasteiger partial charge >= 0.3 is 6.03 Å². The summed E-state index contributed by atoms with van der Waals surface area (Å²) in [4.78, 5) is 20.9. The van der Waals surface area contributed by atoms with Gasteiger partial charge in [-0.25, -0.2) is 9.78 Å². The topological polar surface area (TPSA) is 70.8 Å². The molecule has 1 unspecified atom stereocenters. The number of furan rings is 1. The van der Waals surface area contributed by atoms with Crippen LogP contribution >= 0.6 is 11.3 Å². The molecule has 142 valence electrons. The van der Waals surface area contributed by atoms with Gasteiger partial charge in [-0.3, -0.25) is 4.90 Å². The standard InChI is InChI=1S/C18H26N4O3S/c1-13-4-5-17(25-13)16(22-6-8-24-9-7-22)10-19-18(23)21(3)11-15-12-26-14(2)20-15/h4-5,12,16H,6-11H2,1-3H3,(H,19,23). The SMILES string of the molecule is Cc1ccc(C(CNC(=O)N(C)Cc2csc(C)n2)N2CCOCC2)o1. The number of thiazole rings is 1. The third kappa shape index (κ3) is 4.84. The van der Waals surface area contributed by atoms with Crippen LogP contribution in [0.25, 0.3) is 0 Å². The molecule has 26 heavy (non-hydrogen) atoms. The van der Waals surface area contributed by atoms with Crippen LogP contribution in [0.1, 0.15) is 28.3 Å². The van der Waals surface area contributed by atoms with E-state index in [2.05, 4.69) is 15.2 Å². The van der Waals surface area contributed by atoms with Crippen molar-refractivity contribution >= 4 is 17.4 Å². The zero-order chi connectivity index (χ0) is 18.5. The fraction of sp³-hybridized carbons (Fsp3) is 0.556. The van der Waals surface area contributed by atoms with Gasteiger partial charge in [-0.1, -0.05) is 0 Å². The van der Waals surface area contributed by atoms with Crippen molar-refractivity contribution in [2.45, 2.75) is 26.4 Å². The first-order valence-corrected chi connectivity index (χ1v) is 9.69. The summed E-state index contributed by atoms with van der Waals surface area (Å²) in [6.45, 7) is 7.95. The van der Waals surface area contributed by atoms with Gasteiger partial charge in [0.05, 0.1) is 36.5 Å². The summed E-state index contributed by atoms with van der Waals surface area (Å²) in [7, 11) is 1.78. The highest BCUT2D eigenvalue weighted by Crippen LogP contribution is 2.23. The zero-order valence-electron chi connectivity index (χ0n) is 15.5. The molecule has 0 radical (unpaired) electrons. The third-order valence-corrected chi connectivity index (χ3v) is 5.26. The minimum absolute atomic E-state index is 0.00599. The minimum atomic E-state index is -0.114. The zero-order valence-corrected chi connectivity index (χ0v) is 16.3. The number of ether oxygens (including phenoxy) is 1. The predicted molar refractivity (Wildman–Crippen MR) is 100 cm³/mol. The van der Waals surface area contributed by atoms with Crippen LogP contribution in [0, 0.1) is 13.8 Å². The van der Waals surface area contributed by atoms with E-state index in [9.17, 15) is 4.79 Å². The molecule has 1 aliphatic heterocycles. The molecule has 1 saturated heterocycles. The number of carbonyl (C=O) groups excluding carboxylic acids is 1. The summed E-state index contributed by atoms with van der Waals surface area (Å²) < 4.78 is 11.3. The largest absolute Gasteiger partial charge is 0.465 e. The highest BCUT2D eigenvalue weighted by molar-refractivity contribution is 7.09. The fourth-order valence-electron chi connectivity index (χ4n) is 3.05. The summed E-state index contributed by atoms with van der Waals surface area (Å²) in [6.07, 6.45) is 0. The first-order valence-electron chi connectivity index (χ1n) is 8.81. The van der Waals surface area contributed by atoms with Gasteiger partial charge in [0, 0.05) is 32.1 Å². The van der Waals surface area contributed by atoms with Crippen molar-refractivity contribution in [1.29, 1.82) is 0 Å². The van der Waals surface area contributed by atoms with Crippen LogP contribution in [0.5, 0.6) is 0 Å². The summed E-state index contributed by atoms with van der Waals surface area (Å²) in [5.74, 6) is 1.75. The van der Waals surface area contributed by atoms with E-state index in [1.807, 2.05) is 31.4 Å². The van der Waals surface area contributed by atoms with Crippen LogP contribution in [0.4, 0.5) is 4.79 Å². The molecule has 7 nitrogen and oxygen atoms in total. The molecule has 2 amide bonds. The lowest BCUT2D eigenvalue weighted by molar-refractivity contribution is 0.0119. The molecule has 2 aromatic heterocycles. The molecule has 0 aliphatic carbocycles. The maximum absolute atomic E-state index is 12.5. The Hall–Kier alpha value is -1.90. The number of amides is 2. The molecule has 0 bridgehead atoms. The Bertz CT molecular complexity index is 724. The normalized spacial score (nSPS) is 16.4. The summed E-state index contributed by atoms with van der Waals surface area (Å²) >= 11 is 1.59. The second-order valence-electron chi connectivity index (χ2n) is 6.51. The molecule has 3 rings (SSSR count). The smallest absolute Gasteiger partial charge is 0.317 e. The molecule has 3 heterocycles. The molecule has 0 spiro atoms. The number of carbonyl (C=O) groups is 1. The Kier molecular flexibility index (Phi) is 6.29. The number of hydrogen-bond donors (Lipinski definition) is 1. The van der Waals surface area contributed by atoms with Crippen molar-refractivity contribution in [2.24, 2.45) is 0 Å². The van der Waals surface area contributed by atoms with E-state index in [1.165, 1.54) is 0 Å². The molecule has 1 fully saturated rings. The van der Waals surface area contributed by atoms with E-state index < -0.39 is 0 Å². The molecule has 1 aliphatic rings. The van der Waals surface area contributed by atoms with Gasteiger partial charge in [-0.2, -0.15) is 0 Å². The van der Waals surface area contributed by atoms with Crippen LogP contribution in [-0.2, 0) is 11.3 Å².